The van der Waals surface area contributed by atoms with Crippen molar-refractivity contribution in [2.75, 3.05) is 7.05 Å². The molecule has 19 heavy (non-hydrogen) atoms. The number of benzene rings is 1. The average molecular weight is 268 g/mol. The number of hydrogen-bond acceptors (Lipinski definition) is 3. The fourth-order valence-corrected chi connectivity index (χ4v) is 2.07. The molecule has 1 aromatic carbocycles. The average Bonchev–Trinajstić information content (AvgIpc) is 2.60. The second kappa shape index (κ2) is 5.05. The van der Waals surface area contributed by atoms with E-state index in [9.17, 15) is 18.4 Å². The van der Waals surface area contributed by atoms with Gasteiger partial charge in [-0.3, -0.25) is 19.8 Å². The normalized spacial score (nSPS) is 21.1. The van der Waals surface area contributed by atoms with Crippen LogP contribution in [0, 0.1) is 11.6 Å². The Labute approximate surface area is 109 Å². The van der Waals surface area contributed by atoms with Gasteiger partial charge in [0.25, 0.3) is 0 Å². The summed E-state index contributed by atoms with van der Waals surface area (Å²) in [5.74, 6) is -2.40. The number of amides is 2. The number of rotatable bonds is 3. The SMILES string of the molecule is CC(NC1CC(=O)N(C)C1=O)c1ccc(F)c(F)c1. The van der Waals surface area contributed by atoms with Crippen molar-refractivity contribution in [1.29, 1.82) is 0 Å². The Hall–Kier alpha value is -1.82. The first-order valence-electron chi connectivity index (χ1n) is 5.91. The van der Waals surface area contributed by atoms with Gasteiger partial charge in [0, 0.05) is 13.1 Å². The fourth-order valence-electron chi connectivity index (χ4n) is 2.07. The van der Waals surface area contributed by atoms with Crippen LogP contribution in [0.4, 0.5) is 8.78 Å². The van der Waals surface area contributed by atoms with Crippen LogP contribution in [0.25, 0.3) is 0 Å². The maximum absolute atomic E-state index is 13.1. The lowest BCUT2D eigenvalue weighted by molar-refractivity contribution is -0.137. The summed E-state index contributed by atoms with van der Waals surface area (Å²) in [5.41, 5.74) is 0.522. The lowest BCUT2D eigenvalue weighted by atomic mass is 10.1. The maximum atomic E-state index is 13.1. The predicted molar refractivity (Wildman–Crippen MR) is 64.1 cm³/mol. The number of hydrogen-bond donors (Lipinski definition) is 1. The number of likely N-dealkylation sites (N-methyl/N-ethyl adjacent to an activating group) is 1. The first kappa shape index (κ1) is 13.6. The molecule has 1 aromatic rings. The minimum atomic E-state index is -0.933. The van der Waals surface area contributed by atoms with Crippen LogP contribution in [0.5, 0.6) is 0 Å². The van der Waals surface area contributed by atoms with E-state index in [1.807, 2.05) is 0 Å². The van der Waals surface area contributed by atoms with Gasteiger partial charge in [0.2, 0.25) is 11.8 Å². The maximum Gasteiger partial charge on any atom is 0.246 e. The summed E-state index contributed by atoms with van der Waals surface area (Å²) in [4.78, 5) is 24.1. The number of imide groups is 1. The third-order valence-corrected chi connectivity index (χ3v) is 3.28. The molecule has 6 heteroatoms. The van der Waals surface area contributed by atoms with Crippen LogP contribution < -0.4 is 5.32 Å². The minimum Gasteiger partial charge on any atom is -0.299 e. The second-order valence-electron chi connectivity index (χ2n) is 4.61. The van der Waals surface area contributed by atoms with Gasteiger partial charge in [0.1, 0.15) is 0 Å². The lowest BCUT2D eigenvalue weighted by Crippen LogP contribution is -2.38. The van der Waals surface area contributed by atoms with Crippen LogP contribution in [0.1, 0.15) is 24.9 Å². The summed E-state index contributed by atoms with van der Waals surface area (Å²) >= 11 is 0. The molecule has 2 amide bonds. The van der Waals surface area contributed by atoms with Gasteiger partial charge in [0.15, 0.2) is 11.6 Å². The third-order valence-electron chi connectivity index (χ3n) is 3.28. The zero-order valence-electron chi connectivity index (χ0n) is 10.6. The van der Waals surface area contributed by atoms with E-state index in [1.165, 1.54) is 13.1 Å². The van der Waals surface area contributed by atoms with E-state index in [0.29, 0.717) is 5.56 Å². The summed E-state index contributed by atoms with van der Waals surface area (Å²) in [6, 6.07) is 2.60. The molecular weight excluding hydrogens is 254 g/mol. The zero-order valence-corrected chi connectivity index (χ0v) is 10.6. The van der Waals surface area contributed by atoms with E-state index < -0.39 is 17.7 Å². The highest BCUT2D eigenvalue weighted by Gasteiger charge is 2.36. The Kier molecular flexibility index (Phi) is 3.61. The predicted octanol–water partition coefficient (Wildman–Crippen LogP) is 1.37. The van der Waals surface area contributed by atoms with Crippen LogP contribution in [0.3, 0.4) is 0 Å². The van der Waals surface area contributed by atoms with Crippen molar-refractivity contribution < 1.29 is 18.4 Å². The Morgan fingerprint density at radius 2 is 2.00 bits per heavy atom. The molecule has 2 unspecified atom stereocenters. The minimum absolute atomic E-state index is 0.0867. The van der Waals surface area contributed by atoms with Crippen molar-refractivity contribution >= 4 is 11.8 Å². The molecule has 1 fully saturated rings. The Morgan fingerprint density at radius 1 is 1.32 bits per heavy atom. The molecule has 1 aliphatic rings. The molecule has 1 N–H and O–H groups in total. The standard InChI is InChI=1S/C13H14F2N2O2/c1-7(8-3-4-9(14)10(15)5-8)16-11-6-12(18)17(2)13(11)19/h3-5,7,11,16H,6H2,1-2H3. The molecule has 4 nitrogen and oxygen atoms in total. The highest BCUT2D eigenvalue weighted by Crippen LogP contribution is 2.19. The molecule has 0 aliphatic carbocycles. The van der Waals surface area contributed by atoms with E-state index in [-0.39, 0.29) is 24.3 Å². The fraction of sp³-hybridized carbons (Fsp3) is 0.385. The first-order valence-corrected chi connectivity index (χ1v) is 5.91. The number of nitrogens with zero attached hydrogens (tertiary/aromatic N) is 1. The summed E-state index contributed by atoms with van der Waals surface area (Å²) < 4.78 is 26.0. The van der Waals surface area contributed by atoms with Gasteiger partial charge in [-0.1, -0.05) is 6.07 Å². The number of likely N-dealkylation sites (tertiary alicyclic amines) is 1. The van der Waals surface area contributed by atoms with Crippen LogP contribution in [0.2, 0.25) is 0 Å². The highest BCUT2D eigenvalue weighted by molar-refractivity contribution is 6.05. The lowest BCUT2D eigenvalue weighted by Gasteiger charge is -2.18. The van der Waals surface area contributed by atoms with Gasteiger partial charge in [-0.25, -0.2) is 8.78 Å². The van der Waals surface area contributed by atoms with E-state index >= 15 is 0 Å². The number of nitrogens with one attached hydrogen (secondary N) is 1. The molecule has 1 aliphatic heterocycles. The summed E-state index contributed by atoms with van der Waals surface area (Å²) in [7, 11) is 1.43. The summed E-state index contributed by atoms with van der Waals surface area (Å²) in [6.07, 6.45) is 0.0867. The smallest absolute Gasteiger partial charge is 0.246 e. The molecule has 0 aromatic heterocycles. The van der Waals surface area contributed by atoms with Crippen molar-refractivity contribution in [1.82, 2.24) is 10.2 Å². The largest absolute Gasteiger partial charge is 0.299 e. The molecule has 2 rings (SSSR count). The molecule has 2 atom stereocenters. The van der Waals surface area contributed by atoms with Gasteiger partial charge in [0.05, 0.1) is 12.5 Å². The third kappa shape index (κ3) is 2.63. The van der Waals surface area contributed by atoms with Gasteiger partial charge in [-0.05, 0) is 24.6 Å². The van der Waals surface area contributed by atoms with Crippen LogP contribution in [-0.2, 0) is 9.59 Å². The molecule has 0 radical (unpaired) electrons. The summed E-state index contributed by atoms with van der Waals surface area (Å²) in [6.45, 7) is 1.72. The Bertz CT molecular complexity index is 533. The van der Waals surface area contributed by atoms with Gasteiger partial charge in [-0.15, -0.1) is 0 Å². The van der Waals surface area contributed by atoms with E-state index in [4.69, 9.17) is 0 Å². The van der Waals surface area contributed by atoms with Gasteiger partial charge < -0.3 is 0 Å². The second-order valence-corrected chi connectivity index (χ2v) is 4.61. The molecular formula is C13H14F2N2O2. The van der Waals surface area contributed by atoms with E-state index in [1.54, 1.807) is 6.92 Å². The Morgan fingerprint density at radius 3 is 2.53 bits per heavy atom. The van der Waals surface area contributed by atoms with Crippen LogP contribution in [0.15, 0.2) is 18.2 Å². The molecule has 102 valence electrons. The highest BCUT2D eigenvalue weighted by atomic mass is 19.2. The summed E-state index contributed by atoms with van der Waals surface area (Å²) in [5, 5.41) is 2.95. The monoisotopic (exact) mass is 268 g/mol. The van der Waals surface area contributed by atoms with E-state index in [0.717, 1.165) is 17.0 Å². The van der Waals surface area contributed by atoms with Crippen molar-refractivity contribution in [2.45, 2.75) is 25.4 Å². The van der Waals surface area contributed by atoms with Crippen molar-refractivity contribution in [3.63, 3.8) is 0 Å². The molecule has 1 heterocycles. The number of halogens is 2. The number of carbonyl (C=O) groups excluding carboxylic acids is 2. The Balaban J connectivity index is 2.09. The number of carbonyl (C=O) groups is 2. The molecule has 0 spiro atoms. The molecule has 0 saturated carbocycles. The molecule has 1 saturated heterocycles. The van der Waals surface area contributed by atoms with Crippen molar-refractivity contribution in [3.8, 4) is 0 Å². The zero-order chi connectivity index (χ0) is 14.2. The van der Waals surface area contributed by atoms with Crippen molar-refractivity contribution in [3.05, 3.63) is 35.4 Å². The van der Waals surface area contributed by atoms with Crippen LogP contribution >= 0.6 is 0 Å². The van der Waals surface area contributed by atoms with Crippen LogP contribution in [-0.4, -0.2) is 29.8 Å². The topological polar surface area (TPSA) is 49.4 Å². The van der Waals surface area contributed by atoms with Gasteiger partial charge in [-0.2, -0.15) is 0 Å². The van der Waals surface area contributed by atoms with Crippen molar-refractivity contribution in [2.24, 2.45) is 0 Å². The van der Waals surface area contributed by atoms with Gasteiger partial charge >= 0.3 is 0 Å². The quantitative estimate of drug-likeness (QED) is 0.842. The van der Waals surface area contributed by atoms with E-state index in [2.05, 4.69) is 5.32 Å². The molecule has 0 bridgehead atoms. The first-order chi connectivity index (χ1) is 8.90.